The van der Waals surface area contributed by atoms with Gasteiger partial charge in [-0.05, 0) is 24.6 Å². The minimum atomic E-state index is -1.77. The summed E-state index contributed by atoms with van der Waals surface area (Å²) < 4.78 is 28.4. The molecule has 2 saturated heterocycles. The lowest BCUT2D eigenvalue weighted by molar-refractivity contribution is -0.354. The number of hydrogen-bond donors (Lipinski definition) is 9. The minimum Gasteiger partial charge on any atom is -0.507 e. The number of phenolic OH excluding ortho intramolecular Hbond substituents is 3. The van der Waals surface area contributed by atoms with Crippen molar-refractivity contribution in [3.05, 3.63) is 41.5 Å². The number of aliphatic hydroxyl groups is 6. The van der Waals surface area contributed by atoms with Crippen molar-refractivity contribution in [2.75, 3.05) is 6.61 Å². The average molecular weight is 597 g/mol. The third kappa shape index (κ3) is 5.58. The topological polar surface area (TPSA) is 245 Å². The van der Waals surface area contributed by atoms with Crippen LogP contribution in [0.25, 0.3) is 0 Å². The molecule has 3 aliphatic rings. The highest BCUT2D eigenvalue weighted by Crippen LogP contribution is 2.43. The van der Waals surface area contributed by atoms with Gasteiger partial charge in [-0.3, -0.25) is 4.79 Å². The van der Waals surface area contributed by atoms with Gasteiger partial charge in [0.05, 0.1) is 19.1 Å². The van der Waals surface area contributed by atoms with Crippen LogP contribution in [-0.2, 0) is 14.2 Å². The van der Waals surface area contributed by atoms with E-state index in [1.54, 1.807) is 0 Å². The van der Waals surface area contributed by atoms with Crippen LogP contribution in [0.15, 0.2) is 30.3 Å². The van der Waals surface area contributed by atoms with Crippen LogP contribution in [0.1, 0.15) is 35.4 Å². The van der Waals surface area contributed by atoms with Gasteiger partial charge in [-0.2, -0.15) is 0 Å². The molecule has 15 heteroatoms. The van der Waals surface area contributed by atoms with Crippen LogP contribution in [-0.4, -0.2) is 120 Å². The number of aliphatic hydroxyl groups excluding tert-OH is 6. The van der Waals surface area contributed by atoms with Crippen molar-refractivity contribution in [2.45, 2.75) is 80.9 Å². The molecule has 3 aliphatic heterocycles. The predicted octanol–water partition coefficient (Wildman–Crippen LogP) is -1.46. The van der Waals surface area contributed by atoms with E-state index in [-0.39, 0.29) is 29.2 Å². The minimum absolute atomic E-state index is 0.0941. The number of hydrogen-bond acceptors (Lipinski definition) is 15. The molecule has 1 unspecified atom stereocenters. The SMILES string of the molecule is C[C@@H]1O[C@@H](O[C@H]2C(Oc3cc(O)c4c(c3)O[C@H](c3ccc(O)c(O)c3)CC4=O)O[C@H](CO)[C@@H](O)[C@@H]2O)[C@H](O)[C@H](O)[C@H]1O. The summed E-state index contributed by atoms with van der Waals surface area (Å²) in [5.74, 6) is -2.02. The molecule has 230 valence electrons. The van der Waals surface area contributed by atoms with Gasteiger partial charge < -0.3 is 69.6 Å². The summed E-state index contributed by atoms with van der Waals surface area (Å²) in [5.41, 5.74) is 0.234. The molecule has 0 bridgehead atoms. The van der Waals surface area contributed by atoms with Crippen molar-refractivity contribution >= 4 is 5.78 Å². The number of aromatic hydroxyl groups is 3. The predicted molar refractivity (Wildman–Crippen MR) is 136 cm³/mol. The van der Waals surface area contributed by atoms with Gasteiger partial charge in [-0.15, -0.1) is 0 Å². The number of ether oxygens (including phenoxy) is 5. The van der Waals surface area contributed by atoms with Crippen molar-refractivity contribution < 1.29 is 74.4 Å². The Bertz CT molecular complexity index is 1300. The van der Waals surface area contributed by atoms with E-state index in [4.69, 9.17) is 23.7 Å². The molecule has 2 fully saturated rings. The van der Waals surface area contributed by atoms with Crippen LogP contribution < -0.4 is 9.47 Å². The zero-order valence-corrected chi connectivity index (χ0v) is 22.1. The van der Waals surface area contributed by atoms with E-state index in [1.165, 1.54) is 31.2 Å². The standard InChI is InChI=1S/C27H32O15/c1-9-20(33)22(35)24(37)26(38-9)42-25-23(36)21(34)18(8-28)41-27(25)39-11-5-14(31)19-15(32)7-16(40-17(19)6-11)10-2-3-12(29)13(30)4-10/h2-6,9,16,18,20-31,33-37H,7-8H2,1H3/t9-,16-,18+,20-,21+,22+,23-,24+,25+,26-,27?/m0/s1. The lowest BCUT2D eigenvalue weighted by atomic mass is 9.95. The third-order valence-corrected chi connectivity index (χ3v) is 7.52. The lowest BCUT2D eigenvalue weighted by Gasteiger charge is -2.45. The fourth-order valence-corrected chi connectivity index (χ4v) is 5.12. The summed E-state index contributed by atoms with van der Waals surface area (Å²) in [6.45, 7) is 0.683. The van der Waals surface area contributed by atoms with Gasteiger partial charge in [-0.25, -0.2) is 0 Å². The smallest absolute Gasteiger partial charge is 0.229 e. The Hall–Kier alpha value is -3.25. The normalized spacial score (nSPS) is 36.6. The Morgan fingerprint density at radius 1 is 0.833 bits per heavy atom. The van der Waals surface area contributed by atoms with Crippen molar-refractivity contribution in [1.29, 1.82) is 0 Å². The van der Waals surface area contributed by atoms with E-state index in [0.29, 0.717) is 5.56 Å². The first-order valence-electron chi connectivity index (χ1n) is 13.1. The molecule has 0 spiro atoms. The summed E-state index contributed by atoms with van der Waals surface area (Å²) in [5, 5.41) is 91.6. The molecule has 0 radical (unpaired) electrons. The summed E-state index contributed by atoms with van der Waals surface area (Å²) in [6.07, 6.45) is -16.5. The molecule has 9 N–H and O–H groups in total. The van der Waals surface area contributed by atoms with Crippen LogP contribution >= 0.6 is 0 Å². The average Bonchev–Trinajstić information content (AvgIpc) is 2.95. The molecule has 2 aromatic carbocycles. The fraction of sp³-hybridized carbons (Fsp3) is 0.519. The Morgan fingerprint density at radius 3 is 2.26 bits per heavy atom. The molecule has 0 aromatic heterocycles. The van der Waals surface area contributed by atoms with E-state index >= 15 is 0 Å². The molecule has 0 amide bonds. The van der Waals surface area contributed by atoms with Gasteiger partial charge >= 0.3 is 0 Å². The van der Waals surface area contributed by atoms with Gasteiger partial charge in [0.2, 0.25) is 6.29 Å². The number of fused-ring (bicyclic) bond motifs is 1. The van der Waals surface area contributed by atoms with Crippen molar-refractivity contribution in [1.82, 2.24) is 0 Å². The van der Waals surface area contributed by atoms with E-state index in [2.05, 4.69) is 0 Å². The Morgan fingerprint density at radius 2 is 1.57 bits per heavy atom. The monoisotopic (exact) mass is 596 g/mol. The second-order valence-electron chi connectivity index (χ2n) is 10.4. The Labute approximate surface area is 238 Å². The first kappa shape index (κ1) is 30.2. The van der Waals surface area contributed by atoms with E-state index in [1.807, 2.05) is 0 Å². The zero-order valence-electron chi connectivity index (χ0n) is 22.1. The molecule has 5 rings (SSSR count). The van der Waals surface area contributed by atoms with Gasteiger partial charge in [0.1, 0.15) is 65.5 Å². The molecule has 0 saturated carbocycles. The van der Waals surface area contributed by atoms with Gasteiger partial charge in [0.15, 0.2) is 29.7 Å². The second-order valence-corrected chi connectivity index (χ2v) is 10.4. The number of carbonyl (C=O) groups is 1. The molecular formula is C27H32O15. The molecule has 42 heavy (non-hydrogen) atoms. The first-order chi connectivity index (χ1) is 19.9. The Kier molecular flexibility index (Phi) is 8.48. The quantitative estimate of drug-likeness (QED) is 0.173. The fourth-order valence-electron chi connectivity index (χ4n) is 5.12. The molecular weight excluding hydrogens is 564 g/mol. The summed E-state index contributed by atoms with van der Waals surface area (Å²) in [7, 11) is 0. The van der Waals surface area contributed by atoms with Crippen LogP contribution in [0.3, 0.4) is 0 Å². The number of rotatable bonds is 6. The lowest BCUT2D eigenvalue weighted by Crippen LogP contribution is -2.64. The zero-order chi connectivity index (χ0) is 30.5. The van der Waals surface area contributed by atoms with Crippen molar-refractivity contribution in [3.63, 3.8) is 0 Å². The van der Waals surface area contributed by atoms with Crippen LogP contribution in [0.2, 0.25) is 0 Å². The third-order valence-electron chi connectivity index (χ3n) is 7.52. The van der Waals surface area contributed by atoms with E-state index < -0.39 is 91.4 Å². The Balaban J connectivity index is 1.42. The number of ketones is 1. The maximum atomic E-state index is 12.9. The van der Waals surface area contributed by atoms with Crippen LogP contribution in [0.4, 0.5) is 0 Å². The molecule has 15 nitrogen and oxygen atoms in total. The van der Waals surface area contributed by atoms with Gasteiger partial charge in [-0.1, -0.05) is 6.07 Å². The maximum absolute atomic E-state index is 12.9. The number of Topliss-reactive ketones (excluding diaryl/α,β-unsaturated/α-hetero) is 1. The van der Waals surface area contributed by atoms with Crippen LogP contribution in [0.5, 0.6) is 28.7 Å². The highest BCUT2D eigenvalue weighted by atomic mass is 16.8. The number of carbonyl (C=O) groups excluding carboxylic acids is 1. The molecule has 3 heterocycles. The van der Waals surface area contributed by atoms with Gasteiger partial charge in [0, 0.05) is 12.1 Å². The molecule has 11 atom stereocenters. The highest BCUT2D eigenvalue weighted by Gasteiger charge is 2.51. The van der Waals surface area contributed by atoms with Crippen molar-refractivity contribution in [2.24, 2.45) is 0 Å². The van der Waals surface area contributed by atoms with Gasteiger partial charge in [0.25, 0.3) is 0 Å². The second kappa shape index (κ2) is 11.8. The summed E-state index contributed by atoms with van der Waals surface area (Å²) in [6, 6.07) is 6.25. The molecule has 2 aromatic rings. The van der Waals surface area contributed by atoms with Crippen molar-refractivity contribution in [3.8, 4) is 28.7 Å². The molecule has 0 aliphatic carbocycles. The highest BCUT2D eigenvalue weighted by molar-refractivity contribution is 6.02. The number of phenols is 3. The van der Waals surface area contributed by atoms with Crippen LogP contribution in [0, 0.1) is 0 Å². The summed E-state index contributed by atoms with van der Waals surface area (Å²) >= 11 is 0. The summed E-state index contributed by atoms with van der Waals surface area (Å²) in [4.78, 5) is 12.9. The van der Waals surface area contributed by atoms with E-state index in [9.17, 15) is 50.8 Å². The first-order valence-corrected chi connectivity index (χ1v) is 13.1. The largest absolute Gasteiger partial charge is 0.507 e. The van der Waals surface area contributed by atoms with E-state index in [0.717, 1.165) is 6.07 Å². The maximum Gasteiger partial charge on any atom is 0.229 e. The number of benzene rings is 2.